The molecule has 0 aliphatic carbocycles. The van der Waals surface area contributed by atoms with E-state index in [1.165, 1.54) is 22.8 Å². The van der Waals surface area contributed by atoms with Crippen molar-refractivity contribution in [2.45, 2.75) is 44.9 Å². The van der Waals surface area contributed by atoms with Crippen molar-refractivity contribution < 1.29 is 13.2 Å². The van der Waals surface area contributed by atoms with E-state index in [9.17, 15) is 18.0 Å². The molecule has 3 aromatic carbocycles. The number of alkyl halides is 3. The third-order valence-electron chi connectivity index (χ3n) is 7.27. The maximum Gasteiger partial charge on any atom is 0.416 e. The van der Waals surface area contributed by atoms with Crippen molar-refractivity contribution in [2.75, 3.05) is 17.2 Å². The Bertz CT molecular complexity index is 1740. The van der Waals surface area contributed by atoms with E-state index in [-0.39, 0.29) is 29.7 Å². The van der Waals surface area contributed by atoms with Gasteiger partial charge >= 0.3 is 6.18 Å². The van der Waals surface area contributed by atoms with Crippen LogP contribution in [0.2, 0.25) is 0 Å². The molecule has 0 aliphatic rings. The summed E-state index contributed by atoms with van der Waals surface area (Å²) >= 11 is 0. The Morgan fingerprint density at radius 1 is 0.953 bits per heavy atom. The highest BCUT2D eigenvalue weighted by Gasteiger charge is 2.33. The van der Waals surface area contributed by atoms with Crippen molar-refractivity contribution >= 4 is 28.4 Å². The first-order chi connectivity index (χ1) is 20.8. The van der Waals surface area contributed by atoms with Crippen LogP contribution in [0.15, 0.2) is 95.9 Å². The predicted octanol–water partition coefficient (Wildman–Crippen LogP) is 7.20. The highest BCUT2D eigenvalue weighted by atomic mass is 19.4. The third-order valence-corrected chi connectivity index (χ3v) is 7.27. The van der Waals surface area contributed by atoms with Crippen LogP contribution >= 0.6 is 0 Å². The lowest BCUT2D eigenvalue weighted by Gasteiger charge is -2.18. The van der Waals surface area contributed by atoms with Crippen molar-refractivity contribution in [2.24, 2.45) is 5.73 Å². The van der Waals surface area contributed by atoms with Crippen LogP contribution in [0.5, 0.6) is 0 Å². The summed E-state index contributed by atoms with van der Waals surface area (Å²) in [5, 5.41) is 7.12. The Hall–Kier alpha value is -4.70. The van der Waals surface area contributed by atoms with Crippen molar-refractivity contribution in [3.63, 3.8) is 0 Å². The van der Waals surface area contributed by atoms with Gasteiger partial charge < -0.3 is 16.4 Å². The smallest absolute Gasteiger partial charge is 0.381 e. The van der Waals surface area contributed by atoms with E-state index in [0.29, 0.717) is 28.7 Å². The average Bonchev–Trinajstić information content (AvgIpc) is 3.01. The molecule has 7 nitrogen and oxygen atoms in total. The van der Waals surface area contributed by atoms with Gasteiger partial charge in [0.05, 0.1) is 12.1 Å². The molecule has 5 rings (SSSR count). The van der Waals surface area contributed by atoms with E-state index in [2.05, 4.69) is 27.5 Å². The Labute approximate surface area is 247 Å². The normalized spacial score (nSPS) is 12.3. The van der Waals surface area contributed by atoms with Crippen LogP contribution in [0.25, 0.3) is 22.2 Å². The Morgan fingerprint density at radius 3 is 2.35 bits per heavy atom. The zero-order valence-electron chi connectivity index (χ0n) is 23.7. The minimum Gasteiger partial charge on any atom is -0.381 e. The van der Waals surface area contributed by atoms with Crippen LogP contribution in [0.1, 0.15) is 37.3 Å². The van der Waals surface area contributed by atoms with Gasteiger partial charge in [0, 0.05) is 41.1 Å². The second kappa shape index (κ2) is 13.1. The Kier molecular flexibility index (Phi) is 9.06. The number of hydrogen-bond donors (Lipinski definition) is 3. The molecule has 5 aromatic rings. The van der Waals surface area contributed by atoms with Gasteiger partial charge in [-0.25, -0.2) is 4.98 Å². The van der Waals surface area contributed by atoms with Gasteiger partial charge in [-0.15, -0.1) is 0 Å². The van der Waals surface area contributed by atoms with Crippen molar-refractivity contribution in [3.05, 3.63) is 113 Å². The summed E-state index contributed by atoms with van der Waals surface area (Å²) in [5.41, 5.74) is 7.49. The van der Waals surface area contributed by atoms with Crippen molar-refractivity contribution in [1.29, 1.82) is 0 Å². The summed E-state index contributed by atoms with van der Waals surface area (Å²) in [6.45, 7) is 2.36. The van der Waals surface area contributed by atoms with Crippen LogP contribution in [0, 0.1) is 0 Å². The van der Waals surface area contributed by atoms with E-state index >= 15 is 0 Å². The van der Waals surface area contributed by atoms with Crippen molar-refractivity contribution in [3.8, 4) is 11.1 Å². The molecule has 0 fully saturated rings. The molecule has 0 saturated carbocycles. The van der Waals surface area contributed by atoms with E-state index in [1.54, 1.807) is 36.5 Å². The number of anilines is 3. The molecule has 4 N–H and O–H groups in total. The fourth-order valence-corrected chi connectivity index (χ4v) is 5.01. The largest absolute Gasteiger partial charge is 0.416 e. The first-order valence-corrected chi connectivity index (χ1v) is 14.2. The van der Waals surface area contributed by atoms with Crippen LogP contribution in [-0.4, -0.2) is 27.1 Å². The number of pyridine rings is 1. The Morgan fingerprint density at radius 2 is 1.65 bits per heavy atom. The second-order valence-corrected chi connectivity index (χ2v) is 10.4. The van der Waals surface area contributed by atoms with Gasteiger partial charge in [0.2, 0.25) is 5.95 Å². The number of fused-ring (bicyclic) bond motifs is 1. The topological polar surface area (TPSA) is 97.9 Å². The van der Waals surface area contributed by atoms with Crippen LogP contribution in [0.4, 0.5) is 30.5 Å². The number of hydrogen-bond acceptors (Lipinski definition) is 6. The van der Waals surface area contributed by atoms with Gasteiger partial charge in [0.1, 0.15) is 5.65 Å². The quantitative estimate of drug-likeness (QED) is 0.151. The lowest BCUT2D eigenvalue weighted by molar-refractivity contribution is -0.138. The Balaban J connectivity index is 1.51. The zero-order valence-corrected chi connectivity index (χ0v) is 23.7. The summed E-state index contributed by atoms with van der Waals surface area (Å²) in [6.07, 6.45) is 0.170. The summed E-state index contributed by atoms with van der Waals surface area (Å²) in [4.78, 5) is 22.9. The molecule has 0 bridgehead atoms. The number of benzene rings is 3. The molecule has 0 spiro atoms. The minimum atomic E-state index is -4.57. The number of aromatic nitrogens is 3. The van der Waals surface area contributed by atoms with Crippen LogP contribution in [-0.2, 0) is 12.7 Å². The molecule has 0 aliphatic heterocycles. The maximum atomic E-state index is 13.9. The molecular weight excluding hydrogens is 553 g/mol. The van der Waals surface area contributed by atoms with Gasteiger partial charge in [0.15, 0.2) is 0 Å². The number of nitrogens with zero attached hydrogens (tertiary/aromatic N) is 3. The van der Waals surface area contributed by atoms with Gasteiger partial charge in [-0.05, 0) is 53.9 Å². The van der Waals surface area contributed by atoms with E-state index in [0.717, 1.165) is 31.0 Å². The molecule has 43 heavy (non-hydrogen) atoms. The maximum absolute atomic E-state index is 13.9. The van der Waals surface area contributed by atoms with Gasteiger partial charge in [-0.1, -0.05) is 68.3 Å². The first-order valence-electron chi connectivity index (χ1n) is 14.2. The number of rotatable bonds is 11. The highest BCUT2D eigenvalue weighted by molar-refractivity contribution is 5.82. The summed E-state index contributed by atoms with van der Waals surface area (Å²) in [5.74, 6) is 0.209. The molecule has 0 saturated heterocycles. The molecule has 2 aromatic heterocycles. The van der Waals surface area contributed by atoms with E-state index in [4.69, 9.17) is 5.73 Å². The molecular formula is C33H33F3N6O. The standard InChI is InChI=1S/C33H33F3N6O/c1-2-3-12-27(19-37)39-25-14-16-26(17-15-25)40-32-38-20-24-18-28(22-9-5-4-6-10-22)31(43)42(30(24)41-32)21-23-11-7-8-13-29(23)33(34,35)36/h4-11,13-18,20,27,39H,2-3,12,19,21,37H2,1H3,(H,38,40,41). The fourth-order valence-electron chi connectivity index (χ4n) is 5.01. The fraction of sp³-hybridized carbons (Fsp3) is 0.242. The predicted molar refractivity (Wildman–Crippen MR) is 165 cm³/mol. The van der Waals surface area contributed by atoms with Crippen molar-refractivity contribution in [1.82, 2.24) is 14.5 Å². The molecule has 222 valence electrons. The second-order valence-electron chi connectivity index (χ2n) is 10.4. The van der Waals surface area contributed by atoms with Crippen LogP contribution < -0.4 is 21.9 Å². The number of unbranched alkanes of at least 4 members (excludes halogenated alkanes) is 1. The monoisotopic (exact) mass is 586 g/mol. The average molecular weight is 587 g/mol. The molecule has 1 atom stereocenters. The summed E-state index contributed by atoms with van der Waals surface area (Å²) < 4.78 is 42.9. The molecule has 2 heterocycles. The van der Waals surface area contributed by atoms with Gasteiger partial charge in [-0.2, -0.15) is 18.2 Å². The van der Waals surface area contributed by atoms with Gasteiger partial charge in [0.25, 0.3) is 5.56 Å². The van der Waals surface area contributed by atoms with E-state index in [1.807, 2.05) is 30.3 Å². The zero-order chi connectivity index (χ0) is 30.4. The molecule has 0 radical (unpaired) electrons. The van der Waals surface area contributed by atoms with Gasteiger partial charge in [-0.3, -0.25) is 9.36 Å². The number of nitrogens with two attached hydrogens (primary N) is 1. The SMILES string of the molecule is CCCCC(CN)Nc1ccc(Nc2ncc3cc(-c4ccccc4)c(=O)n(Cc4ccccc4C(F)(F)F)c3n2)cc1. The molecule has 1 unspecified atom stereocenters. The van der Waals surface area contributed by atoms with E-state index < -0.39 is 17.3 Å². The number of nitrogens with one attached hydrogen (secondary N) is 2. The first kappa shape index (κ1) is 29.8. The molecule has 0 amide bonds. The highest BCUT2D eigenvalue weighted by Crippen LogP contribution is 2.32. The van der Waals surface area contributed by atoms with Crippen LogP contribution in [0.3, 0.4) is 0 Å². The lowest BCUT2D eigenvalue weighted by atomic mass is 10.0. The lowest BCUT2D eigenvalue weighted by Crippen LogP contribution is -2.28. The summed E-state index contributed by atoms with van der Waals surface area (Å²) in [6, 6.07) is 23.7. The third kappa shape index (κ3) is 7.03. The molecule has 10 heteroatoms. The number of halogens is 3. The summed E-state index contributed by atoms with van der Waals surface area (Å²) in [7, 11) is 0. The minimum absolute atomic E-state index is 0.0328.